The Morgan fingerprint density at radius 3 is 2.41 bits per heavy atom. The van der Waals surface area contributed by atoms with Gasteiger partial charge in [0.1, 0.15) is 0 Å². The standard InChI is InChI=1S/C14H23NO2/c1-5-12(6-2)17-14-9-11(10-15-3)7-8-13(14)16-4/h7-9,12,15H,5-6,10H2,1-4H3. The van der Waals surface area contributed by atoms with Crippen LogP contribution < -0.4 is 14.8 Å². The van der Waals surface area contributed by atoms with Gasteiger partial charge >= 0.3 is 0 Å². The zero-order valence-electron chi connectivity index (χ0n) is 11.2. The van der Waals surface area contributed by atoms with Crippen LogP contribution in [-0.4, -0.2) is 20.3 Å². The first kappa shape index (κ1) is 13.8. The van der Waals surface area contributed by atoms with Crippen LogP contribution in [0.3, 0.4) is 0 Å². The van der Waals surface area contributed by atoms with Gasteiger partial charge in [-0.1, -0.05) is 19.9 Å². The fourth-order valence-corrected chi connectivity index (χ4v) is 1.76. The molecule has 0 aliphatic carbocycles. The first-order valence-corrected chi connectivity index (χ1v) is 6.23. The second-order valence-electron chi connectivity index (χ2n) is 4.07. The Balaban J connectivity index is 2.88. The quantitative estimate of drug-likeness (QED) is 0.791. The summed E-state index contributed by atoms with van der Waals surface area (Å²) in [5, 5.41) is 3.13. The van der Waals surface area contributed by atoms with E-state index in [2.05, 4.69) is 25.2 Å². The third-order valence-corrected chi connectivity index (χ3v) is 2.81. The van der Waals surface area contributed by atoms with Gasteiger partial charge in [-0.15, -0.1) is 0 Å². The van der Waals surface area contributed by atoms with Gasteiger partial charge in [-0.3, -0.25) is 0 Å². The molecule has 0 spiro atoms. The maximum absolute atomic E-state index is 5.97. The van der Waals surface area contributed by atoms with E-state index < -0.39 is 0 Å². The molecule has 0 aromatic heterocycles. The SMILES string of the molecule is CCC(CC)Oc1cc(CNC)ccc1OC. The molecule has 0 unspecified atom stereocenters. The minimum absolute atomic E-state index is 0.258. The minimum Gasteiger partial charge on any atom is -0.493 e. The molecule has 0 saturated heterocycles. The lowest BCUT2D eigenvalue weighted by molar-refractivity contribution is 0.185. The van der Waals surface area contributed by atoms with Crippen LogP contribution in [0.5, 0.6) is 11.5 Å². The molecule has 0 atom stereocenters. The van der Waals surface area contributed by atoms with Crippen LogP contribution in [0.25, 0.3) is 0 Å². The van der Waals surface area contributed by atoms with Crippen molar-refractivity contribution < 1.29 is 9.47 Å². The van der Waals surface area contributed by atoms with E-state index in [0.29, 0.717) is 0 Å². The summed E-state index contributed by atoms with van der Waals surface area (Å²) >= 11 is 0. The third kappa shape index (κ3) is 3.93. The topological polar surface area (TPSA) is 30.5 Å². The Bertz CT molecular complexity index is 335. The van der Waals surface area contributed by atoms with Crippen molar-refractivity contribution in [3.8, 4) is 11.5 Å². The monoisotopic (exact) mass is 237 g/mol. The van der Waals surface area contributed by atoms with Crippen molar-refractivity contribution in [2.75, 3.05) is 14.2 Å². The zero-order valence-corrected chi connectivity index (χ0v) is 11.2. The molecule has 0 bridgehead atoms. The van der Waals surface area contributed by atoms with Crippen molar-refractivity contribution in [1.29, 1.82) is 0 Å². The third-order valence-electron chi connectivity index (χ3n) is 2.81. The predicted molar refractivity (Wildman–Crippen MR) is 70.8 cm³/mol. The highest BCUT2D eigenvalue weighted by Gasteiger charge is 2.10. The second kappa shape index (κ2) is 7.17. The van der Waals surface area contributed by atoms with E-state index in [4.69, 9.17) is 9.47 Å². The van der Waals surface area contributed by atoms with E-state index in [9.17, 15) is 0 Å². The Morgan fingerprint density at radius 1 is 1.18 bits per heavy atom. The number of ether oxygens (including phenoxy) is 2. The molecule has 0 saturated carbocycles. The van der Waals surface area contributed by atoms with E-state index in [1.54, 1.807) is 7.11 Å². The van der Waals surface area contributed by atoms with Crippen LogP contribution in [0.4, 0.5) is 0 Å². The van der Waals surface area contributed by atoms with Crippen molar-refractivity contribution in [1.82, 2.24) is 5.32 Å². The summed E-state index contributed by atoms with van der Waals surface area (Å²) in [5.41, 5.74) is 1.20. The van der Waals surface area contributed by atoms with Gasteiger partial charge in [0.2, 0.25) is 0 Å². The first-order valence-electron chi connectivity index (χ1n) is 6.23. The Hall–Kier alpha value is -1.22. The lowest BCUT2D eigenvalue weighted by atomic mass is 10.2. The van der Waals surface area contributed by atoms with Gasteiger partial charge < -0.3 is 14.8 Å². The number of rotatable bonds is 7. The highest BCUT2D eigenvalue weighted by atomic mass is 16.5. The van der Waals surface area contributed by atoms with Gasteiger partial charge in [-0.25, -0.2) is 0 Å². The van der Waals surface area contributed by atoms with Gasteiger partial charge in [-0.05, 0) is 37.6 Å². The summed E-state index contributed by atoms with van der Waals surface area (Å²) in [4.78, 5) is 0. The Morgan fingerprint density at radius 2 is 1.88 bits per heavy atom. The highest BCUT2D eigenvalue weighted by Crippen LogP contribution is 2.29. The number of nitrogens with one attached hydrogen (secondary N) is 1. The molecule has 1 aromatic rings. The molecule has 0 amide bonds. The summed E-state index contributed by atoms with van der Waals surface area (Å²) < 4.78 is 11.3. The van der Waals surface area contributed by atoms with Crippen molar-refractivity contribution in [2.45, 2.75) is 39.3 Å². The molecule has 0 radical (unpaired) electrons. The summed E-state index contributed by atoms with van der Waals surface area (Å²) in [7, 11) is 3.61. The number of hydrogen-bond acceptors (Lipinski definition) is 3. The van der Waals surface area contributed by atoms with Gasteiger partial charge in [-0.2, -0.15) is 0 Å². The smallest absolute Gasteiger partial charge is 0.161 e. The van der Waals surface area contributed by atoms with Crippen LogP contribution in [0.2, 0.25) is 0 Å². The van der Waals surface area contributed by atoms with E-state index in [1.165, 1.54) is 5.56 Å². The van der Waals surface area contributed by atoms with Gasteiger partial charge in [0.15, 0.2) is 11.5 Å². The molecule has 3 heteroatoms. The van der Waals surface area contributed by atoms with Crippen LogP contribution in [0, 0.1) is 0 Å². The fraction of sp³-hybridized carbons (Fsp3) is 0.571. The largest absolute Gasteiger partial charge is 0.493 e. The molecule has 96 valence electrons. The molecule has 0 heterocycles. The van der Waals surface area contributed by atoms with Crippen molar-refractivity contribution >= 4 is 0 Å². The molecular formula is C14H23NO2. The maximum atomic E-state index is 5.97. The second-order valence-corrected chi connectivity index (χ2v) is 4.07. The summed E-state index contributed by atoms with van der Waals surface area (Å²) in [5.74, 6) is 1.64. The Kier molecular flexibility index (Phi) is 5.84. The van der Waals surface area contributed by atoms with Crippen molar-refractivity contribution in [2.24, 2.45) is 0 Å². The van der Waals surface area contributed by atoms with Crippen LogP contribution in [0.15, 0.2) is 18.2 Å². The number of hydrogen-bond donors (Lipinski definition) is 1. The molecule has 0 aliphatic rings. The average molecular weight is 237 g/mol. The highest BCUT2D eigenvalue weighted by molar-refractivity contribution is 5.43. The maximum Gasteiger partial charge on any atom is 0.161 e. The normalized spacial score (nSPS) is 10.6. The summed E-state index contributed by atoms with van der Waals surface area (Å²) in [6.45, 7) is 5.11. The summed E-state index contributed by atoms with van der Waals surface area (Å²) in [6.07, 6.45) is 2.28. The van der Waals surface area contributed by atoms with Gasteiger partial charge in [0.25, 0.3) is 0 Å². The average Bonchev–Trinajstić information content (AvgIpc) is 2.36. The van der Waals surface area contributed by atoms with Crippen LogP contribution in [-0.2, 0) is 6.54 Å². The lowest BCUT2D eigenvalue weighted by Gasteiger charge is -2.18. The van der Waals surface area contributed by atoms with Crippen LogP contribution in [0.1, 0.15) is 32.3 Å². The lowest BCUT2D eigenvalue weighted by Crippen LogP contribution is -2.14. The van der Waals surface area contributed by atoms with E-state index >= 15 is 0 Å². The molecule has 1 N–H and O–H groups in total. The molecular weight excluding hydrogens is 214 g/mol. The Labute approximate surface area is 104 Å². The minimum atomic E-state index is 0.258. The predicted octanol–water partition coefficient (Wildman–Crippen LogP) is 2.98. The van der Waals surface area contributed by atoms with E-state index in [0.717, 1.165) is 30.9 Å². The molecule has 3 nitrogen and oxygen atoms in total. The number of benzene rings is 1. The zero-order chi connectivity index (χ0) is 12.7. The number of methoxy groups -OCH3 is 1. The molecule has 1 aromatic carbocycles. The van der Waals surface area contributed by atoms with Gasteiger partial charge in [0, 0.05) is 6.54 Å². The fourth-order valence-electron chi connectivity index (χ4n) is 1.76. The molecule has 0 fully saturated rings. The van der Waals surface area contributed by atoms with Crippen LogP contribution >= 0.6 is 0 Å². The molecule has 0 aliphatic heterocycles. The van der Waals surface area contributed by atoms with Crippen molar-refractivity contribution in [3.63, 3.8) is 0 Å². The molecule has 17 heavy (non-hydrogen) atoms. The summed E-state index contributed by atoms with van der Waals surface area (Å²) in [6, 6.07) is 6.06. The van der Waals surface area contributed by atoms with Crippen molar-refractivity contribution in [3.05, 3.63) is 23.8 Å². The molecule has 1 rings (SSSR count). The first-order chi connectivity index (χ1) is 8.24. The van der Waals surface area contributed by atoms with E-state index in [-0.39, 0.29) is 6.10 Å². The van der Waals surface area contributed by atoms with Gasteiger partial charge in [0.05, 0.1) is 13.2 Å². The van der Waals surface area contributed by atoms with E-state index in [1.807, 2.05) is 19.2 Å².